The van der Waals surface area contributed by atoms with Crippen molar-refractivity contribution in [3.8, 4) is 0 Å². The van der Waals surface area contributed by atoms with Crippen LogP contribution in [-0.2, 0) is 29.1 Å². The highest BCUT2D eigenvalue weighted by molar-refractivity contribution is 7.89. The van der Waals surface area contributed by atoms with Crippen LogP contribution in [0.4, 0.5) is 4.79 Å². The van der Waals surface area contributed by atoms with Crippen LogP contribution in [0.1, 0.15) is 51.2 Å². The zero-order valence-corrected chi connectivity index (χ0v) is 23.0. The molecule has 2 aromatic carbocycles. The van der Waals surface area contributed by atoms with Gasteiger partial charge in [0.15, 0.2) is 0 Å². The summed E-state index contributed by atoms with van der Waals surface area (Å²) < 4.78 is 64.0. The molecule has 0 bridgehead atoms. The lowest BCUT2D eigenvalue weighted by molar-refractivity contribution is 0.0526. The predicted octanol–water partition coefficient (Wildman–Crippen LogP) is 4.05. The van der Waals surface area contributed by atoms with Gasteiger partial charge in [-0.3, -0.25) is 4.18 Å². The average Bonchev–Trinajstić information content (AvgIpc) is 2.76. The molecule has 0 spiro atoms. The topological polar surface area (TPSA) is 128 Å². The van der Waals surface area contributed by atoms with Gasteiger partial charge in [0.2, 0.25) is 10.0 Å². The maximum atomic E-state index is 12.9. The Hall–Kier alpha value is -2.47. The number of aryl methyl sites for hydroxylation is 2. The molecular weight excluding hydrogens is 504 g/mol. The molecule has 200 valence electrons. The number of rotatable bonds is 12. The van der Waals surface area contributed by atoms with Crippen molar-refractivity contribution in [2.24, 2.45) is 0 Å². The van der Waals surface area contributed by atoms with Crippen LogP contribution in [0.2, 0.25) is 0 Å². The summed E-state index contributed by atoms with van der Waals surface area (Å²) in [5.41, 5.74) is 1.21. The second kappa shape index (κ2) is 12.7. The minimum Gasteiger partial charge on any atom is -0.444 e. The molecule has 0 unspecified atom stereocenters. The van der Waals surface area contributed by atoms with Gasteiger partial charge in [-0.1, -0.05) is 41.8 Å². The van der Waals surface area contributed by atoms with Crippen LogP contribution >= 0.6 is 0 Å². The van der Waals surface area contributed by atoms with Crippen LogP contribution in [0.3, 0.4) is 0 Å². The summed E-state index contributed by atoms with van der Waals surface area (Å²) in [5, 5.41) is 2.65. The lowest BCUT2D eigenvalue weighted by atomic mass is 10.1. The number of nitrogens with one attached hydrogen (secondary N) is 2. The molecule has 0 heterocycles. The second-order valence-corrected chi connectivity index (χ2v) is 12.9. The monoisotopic (exact) mass is 540 g/mol. The fraction of sp³-hybridized carbons (Fsp3) is 0.480. The van der Waals surface area contributed by atoms with E-state index >= 15 is 0 Å². The second-order valence-electron chi connectivity index (χ2n) is 9.61. The Morgan fingerprint density at radius 2 is 1.39 bits per heavy atom. The highest BCUT2D eigenvalue weighted by atomic mass is 32.2. The summed E-state index contributed by atoms with van der Waals surface area (Å²) in [6.07, 6.45) is 0.800. The number of benzene rings is 2. The van der Waals surface area contributed by atoms with E-state index < -0.39 is 37.9 Å². The van der Waals surface area contributed by atoms with Crippen LogP contribution < -0.4 is 10.0 Å². The number of alkyl carbamates (subject to hydrolysis) is 1. The average molecular weight is 541 g/mol. The molecule has 2 aromatic rings. The van der Waals surface area contributed by atoms with Gasteiger partial charge in [-0.25, -0.2) is 17.9 Å². The first-order valence-electron chi connectivity index (χ1n) is 11.7. The van der Waals surface area contributed by atoms with Gasteiger partial charge in [-0.15, -0.1) is 0 Å². The summed E-state index contributed by atoms with van der Waals surface area (Å²) >= 11 is 0. The predicted molar refractivity (Wildman–Crippen MR) is 138 cm³/mol. The Labute approximate surface area is 214 Å². The first kappa shape index (κ1) is 29.8. The molecule has 36 heavy (non-hydrogen) atoms. The summed E-state index contributed by atoms with van der Waals surface area (Å²) in [5.74, 6) is 0. The zero-order valence-electron chi connectivity index (χ0n) is 21.4. The fourth-order valence-electron chi connectivity index (χ4n) is 3.15. The SMILES string of the molecule is Cc1ccc(S(=O)(=O)N[C@@H](CCCCNC(=O)OC(C)(C)C)COS(=O)(=O)c2ccc(C)cc2)cc1. The number of hydrogen-bond acceptors (Lipinski definition) is 7. The number of hydrogen-bond donors (Lipinski definition) is 2. The van der Waals surface area contributed by atoms with E-state index in [-0.39, 0.29) is 16.4 Å². The third-order valence-corrected chi connectivity index (χ3v) is 7.87. The molecule has 0 aliphatic heterocycles. The van der Waals surface area contributed by atoms with E-state index in [9.17, 15) is 21.6 Å². The van der Waals surface area contributed by atoms with E-state index in [1.807, 2.05) is 13.8 Å². The summed E-state index contributed by atoms with van der Waals surface area (Å²) in [6, 6.07) is 11.7. The number of ether oxygens (including phenoxy) is 1. The quantitative estimate of drug-likeness (QED) is 0.307. The van der Waals surface area contributed by atoms with Crippen molar-refractivity contribution in [3.05, 3.63) is 59.7 Å². The van der Waals surface area contributed by atoms with E-state index in [1.54, 1.807) is 45.0 Å². The van der Waals surface area contributed by atoms with E-state index in [4.69, 9.17) is 8.92 Å². The molecular formula is C25H36N2O7S2. The van der Waals surface area contributed by atoms with Crippen molar-refractivity contribution < 1.29 is 30.6 Å². The first-order chi connectivity index (χ1) is 16.7. The standard InChI is InChI=1S/C25H36N2O7S2/c1-19-9-13-22(14-10-19)35(29,30)27-21(8-6-7-17-26-24(28)34-25(3,4)5)18-33-36(31,32)23-15-11-20(2)12-16-23/h9-16,21,27H,6-8,17-18H2,1-5H3,(H,26,28)/t21-/m0/s1. The van der Waals surface area contributed by atoms with E-state index in [2.05, 4.69) is 10.0 Å². The minimum atomic E-state index is -4.07. The minimum absolute atomic E-state index is 0.00481. The number of sulfonamides is 1. The van der Waals surface area contributed by atoms with Crippen molar-refractivity contribution in [2.75, 3.05) is 13.2 Å². The number of carbonyl (C=O) groups is 1. The van der Waals surface area contributed by atoms with Gasteiger partial charge in [0.25, 0.3) is 10.1 Å². The van der Waals surface area contributed by atoms with Gasteiger partial charge in [0.1, 0.15) is 5.60 Å². The lowest BCUT2D eigenvalue weighted by Crippen LogP contribution is -2.39. The summed E-state index contributed by atoms with van der Waals surface area (Å²) in [6.45, 7) is 8.94. The molecule has 2 N–H and O–H groups in total. The summed E-state index contributed by atoms with van der Waals surface area (Å²) in [4.78, 5) is 11.9. The van der Waals surface area contributed by atoms with Crippen LogP contribution in [0, 0.1) is 13.8 Å². The lowest BCUT2D eigenvalue weighted by Gasteiger charge is -2.20. The van der Waals surface area contributed by atoms with Gasteiger partial charge in [0.05, 0.1) is 16.4 Å². The van der Waals surface area contributed by atoms with Gasteiger partial charge < -0.3 is 10.1 Å². The van der Waals surface area contributed by atoms with Gasteiger partial charge in [0, 0.05) is 12.6 Å². The van der Waals surface area contributed by atoms with Crippen molar-refractivity contribution in [3.63, 3.8) is 0 Å². The molecule has 0 aliphatic carbocycles. The Morgan fingerprint density at radius 3 is 1.92 bits per heavy atom. The molecule has 11 heteroatoms. The third-order valence-electron chi connectivity index (χ3n) is 5.03. The normalized spacial score (nSPS) is 13.2. The third kappa shape index (κ3) is 10.3. The molecule has 2 rings (SSSR count). The van der Waals surface area contributed by atoms with Crippen molar-refractivity contribution in [1.82, 2.24) is 10.0 Å². The Kier molecular flexibility index (Phi) is 10.5. The number of carbonyl (C=O) groups excluding carboxylic acids is 1. The van der Waals surface area contributed by atoms with Gasteiger partial charge in [-0.2, -0.15) is 8.42 Å². The van der Waals surface area contributed by atoms with E-state index in [1.165, 1.54) is 24.3 Å². The Balaban J connectivity index is 2.03. The van der Waals surface area contributed by atoms with E-state index in [0.29, 0.717) is 25.8 Å². The molecule has 1 amide bonds. The van der Waals surface area contributed by atoms with Crippen LogP contribution in [0.25, 0.3) is 0 Å². The zero-order chi connectivity index (χ0) is 27.0. The fourth-order valence-corrected chi connectivity index (χ4v) is 5.35. The molecule has 0 aromatic heterocycles. The molecule has 0 radical (unpaired) electrons. The molecule has 0 saturated carbocycles. The van der Waals surface area contributed by atoms with Crippen molar-refractivity contribution >= 4 is 26.2 Å². The Bertz CT molecular complexity index is 1200. The highest BCUT2D eigenvalue weighted by Gasteiger charge is 2.24. The van der Waals surface area contributed by atoms with Crippen molar-refractivity contribution in [2.45, 2.75) is 75.3 Å². The molecule has 1 atom stereocenters. The largest absolute Gasteiger partial charge is 0.444 e. The number of amides is 1. The van der Waals surface area contributed by atoms with Crippen molar-refractivity contribution in [1.29, 1.82) is 0 Å². The molecule has 9 nitrogen and oxygen atoms in total. The maximum Gasteiger partial charge on any atom is 0.407 e. The van der Waals surface area contributed by atoms with Crippen LogP contribution in [-0.4, -0.2) is 47.7 Å². The maximum absolute atomic E-state index is 12.9. The summed E-state index contributed by atoms with van der Waals surface area (Å²) in [7, 11) is -7.98. The van der Waals surface area contributed by atoms with Crippen LogP contribution in [0.15, 0.2) is 58.3 Å². The Morgan fingerprint density at radius 1 is 0.861 bits per heavy atom. The van der Waals surface area contributed by atoms with Crippen LogP contribution in [0.5, 0.6) is 0 Å². The van der Waals surface area contributed by atoms with Gasteiger partial charge >= 0.3 is 6.09 Å². The molecule has 0 fully saturated rings. The molecule has 0 saturated heterocycles. The smallest absolute Gasteiger partial charge is 0.407 e. The molecule has 0 aliphatic rings. The highest BCUT2D eigenvalue weighted by Crippen LogP contribution is 2.16. The first-order valence-corrected chi connectivity index (χ1v) is 14.6. The van der Waals surface area contributed by atoms with E-state index in [0.717, 1.165) is 11.1 Å². The van der Waals surface area contributed by atoms with Gasteiger partial charge in [-0.05, 0) is 71.7 Å². The number of unbranched alkanes of at least 4 members (excludes halogenated alkanes) is 1.